The van der Waals surface area contributed by atoms with Gasteiger partial charge in [-0.2, -0.15) is 0 Å². The molecule has 2 nitrogen and oxygen atoms in total. The molecule has 4 heteroatoms. The molecule has 4 aromatic rings. The molecule has 1 saturated heterocycles. The summed E-state index contributed by atoms with van der Waals surface area (Å²) in [4.78, 5) is 15.6. The third kappa shape index (κ3) is 3.13. The average molecular weight is 426 g/mol. The summed E-state index contributed by atoms with van der Waals surface area (Å²) in [7, 11) is 0. The van der Waals surface area contributed by atoms with Crippen molar-refractivity contribution in [3.63, 3.8) is 0 Å². The topological polar surface area (TPSA) is 20.3 Å². The lowest BCUT2D eigenvalue weighted by Gasteiger charge is -2.16. The molecule has 0 aromatic heterocycles. The van der Waals surface area contributed by atoms with Crippen molar-refractivity contribution in [1.29, 1.82) is 0 Å². The van der Waals surface area contributed by atoms with E-state index in [1.165, 1.54) is 17.3 Å². The molecule has 0 N–H and O–H groups in total. The van der Waals surface area contributed by atoms with Crippen LogP contribution < -0.4 is 4.90 Å². The Hall–Kier alpha value is -2.95. The predicted octanol–water partition coefficient (Wildman–Crippen LogP) is 7.02. The van der Waals surface area contributed by atoms with E-state index in [0.717, 1.165) is 38.4 Å². The highest BCUT2D eigenvalue weighted by molar-refractivity contribution is 8.27. The number of nitrogens with zero attached hydrogens (tertiary/aromatic N) is 1. The van der Waals surface area contributed by atoms with Gasteiger partial charge in [0.15, 0.2) is 4.32 Å². The van der Waals surface area contributed by atoms with Crippen LogP contribution in [0.15, 0.2) is 77.7 Å². The first-order valence-corrected chi connectivity index (χ1v) is 11.0. The van der Waals surface area contributed by atoms with Gasteiger partial charge in [0, 0.05) is 0 Å². The normalized spacial score (nSPS) is 15.7. The number of thioether (sulfide) groups is 1. The van der Waals surface area contributed by atoms with Crippen molar-refractivity contribution in [2.24, 2.45) is 0 Å². The Morgan fingerprint density at radius 3 is 2.10 bits per heavy atom. The largest absolute Gasteiger partial charge is 0.270 e. The second-order valence-electron chi connectivity index (χ2n) is 7.52. The van der Waals surface area contributed by atoms with Gasteiger partial charge in [-0.25, -0.2) is 0 Å². The first-order valence-electron chi connectivity index (χ1n) is 9.78. The summed E-state index contributed by atoms with van der Waals surface area (Å²) in [5.74, 6) is -0.0646. The molecule has 0 radical (unpaired) electrons. The minimum Gasteiger partial charge on any atom is -0.268 e. The van der Waals surface area contributed by atoms with Gasteiger partial charge in [0.25, 0.3) is 5.91 Å². The molecule has 146 valence electrons. The first-order chi connectivity index (χ1) is 14.5. The molecule has 0 unspecified atom stereocenters. The van der Waals surface area contributed by atoms with E-state index in [2.05, 4.69) is 44.2 Å². The molecule has 0 atom stereocenters. The number of carbonyl (C=O) groups excluding carboxylic acids is 1. The predicted molar refractivity (Wildman–Crippen MR) is 133 cm³/mol. The van der Waals surface area contributed by atoms with E-state index in [4.69, 9.17) is 12.2 Å². The van der Waals surface area contributed by atoms with Crippen LogP contribution in [0.4, 0.5) is 5.69 Å². The standard InChI is InChI=1S/C26H19NOS2/c1-16-11-12-20(13-17(16)2)27-25(28)24(30-26(27)29)15-23-21-9-5-3-7-18(21)14-19-8-4-6-10-22(19)23/h3-15H,1-2H3/b24-15+. The van der Waals surface area contributed by atoms with Gasteiger partial charge in [0.2, 0.25) is 0 Å². The number of thiocarbonyl (C=S) groups is 1. The highest BCUT2D eigenvalue weighted by Gasteiger charge is 2.33. The van der Waals surface area contributed by atoms with E-state index in [9.17, 15) is 4.79 Å². The summed E-state index contributed by atoms with van der Waals surface area (Å²) in [5.41, 5.74) is 4.23. The zero-order chi connectivity index (χ0) is 20.8. The van der Waals surface area contributed by atoms with Crippen molar-refractivity contribution < 1.29 is 4.79 Å². The van der Waals surface area contributed by atoms with Gasteiger partial charge in [0.1, 0.15) is 0 Å². The number of hydrogen-bond donors (Lipinski definition) is 0. The highest BCUT2D eigenvalue weighted by atomic mass is 32.2. The lowest BCUT2D eigenvalue weighted by molar-refractivity contribution is -0.113. The smallest absolute Gasteiger partial charge is 0.268 e. The number of anilines is 1. The lowest BCUT2D eigenvalue weighted by Crippen LogP contribution is -2.27. The van der Waals surface area contributed by atoms with Gasteiger partial charge < -0.3 is 0 Å². The monoisotopic (exact) mass is 425 g/mol. The minimum atomic E-state index is -0.0646. The Balaban J connectivity index is 1.66. The number of carbonyl (C=O) groups is 1. The third-order valence-corrected chi connectivity index (χ3v) is 6.93. The molecular formula is C26H19NOS2. The summed E-state index contributed by atoms with van der Waals surface area (Å²) in [5, 5.41) is 4.58. The molecular weight excluding hydrogens is 406 g/mol. The fourth-order valence-electron chi connectivity index (χ4n) is 3.89. The van der Waals surface area contributed by atoms with E-state index in [1.54, 1.807) is 4.90 Å². The number of fused-ring (bicyclic) bond motifs is 2. The van der Waals surface area contributed by atoms with Crippen molar-refractivity contribution in [2.45, 2.75) is 13.8 Å². The molecule has 1 amide bonds. The quantitative estimate of drug-likeness (QED) is 0.196. The second-order valence-corrected chi connectivity index (χ2v) is 9.19. The Morgan fingerprint density at radius 1 is 0.833 bits per heavy atom. The Labute approximate surface area is 185 Å². The number of rotatable bonds is 2. The van der Waals surface area contributed by atoms with E-state index in [0.29, 0.717) is 9.23 Å². The highest BCUT2D eigenvalue weighted by Crippen LogP contribution is 2.39. The number of hydrogen-bond acceptors (Lipinski definition) is 3. The van der Waals surface area contributed by atoms with E-state index in [1.807, 2.05) is 48.5 Å². The molecule has 0 saturated carbocycles. The maximum Gasteiger partial charge on any atom is 0.270 e. The molecule has 0 bridgehead atoms. The molecule has 5 rings (SSSR count). The summed E-state index contributed by atoms with van der Waals surface area (Å²) >= 11 is 6.96. The van der Waals surface area contributed by atoms with Crippen LogP contribution in [0, 0.1) is 13.8 Å². The summed E-state index contributed by atoms with van der Waals surface area (Å²) in [6.07, 6.45) is 2.00. The molecule has 1 aliphatic heterocycles. The fourth-order valence-corrected chi connectivity index (χ4v) is 5.17. The number of aryl methyl sites for hydroxylation is 2. The average Bonchev–Trinajstić information content (AvgIpc) is 3.03. The van der Waals surface area contributed by atoms with Gasteiger partial charge >= 0.3 is 0 Å². The summed E-state index contributed by atoms with van der Waals surface area (Å²) in [6, 6.07) is 24.8. The van der Waals surface area contributed by atoms with Crippen LogP contribution in [0.1, 0.15) is 16.7 Å². The molecule has 1 fully saturated rings. The Kier molecular flexibility index (Phi) is 4.69. The van der Waals surface area contributed by atoms with Crippen LogP contribution >= 0.6 is 24.0 Å². The van der Waals surface area contributed by atoms with Gasteiger partial charge in [-0.3, -0.25) is 9.69 Å². The number of benzene rings is 4. The van der Waals surface area contributed by atoms with Crippen LogP contribution in [-0.4, -0.2) is 10.2 Å². The lowest BCUT2D eigenvalue weighted by atomic mass is 9.96. The van der Waals surface area contributed by atoms with Crippen LogP contribution in [0.5, 0.6) is 0 Å². The third-order valence-electron chi connectivity index (χ3n) is 5.63. The maximum absolute atomic E-state index is 13.3. The summed E-state index contributed by atoms with van der Waals surface area (Å²) < 4.78 is 0.569. The minimum absolute atomic E-state index is 0.0646. The maximum atomic E-state index is 13.3. The van der Waals surface area contributed by atoms with Crippen LogP contribution in [0.3, 0.4) is 0 Å². The van der Waals surface area contributed by atoms with Gasteiger partial charge in [-0.15, -0.1) is 0 Å². The molecule has 0 spiro atoms. The van der Waals surface area contributed by atoms with E-state index in [-0.39, 0.29) is 5.91 Å². The van der Waals surface area contributed by atoms with Crippen LogP contribution in [0.25, 0.3) is 27.6 Å². The molecule has 1 aliphatic rings. The zero-order valence-electron chi connectivity index (χ0n) is 16.7. The molecule has 0 aliphatic carbocycles. The Bertz CT molecular complexity index is 1330. The van der Waals surface area contributed by atoms with Crippen molar-refractivity contribution >= 4 is 67.5 Å². The van der Waals surface area contributed by atoms with Crippen LogP contribution in [-0.2, 0) is 4.79 Å². The van der Waals surface area contributed by atoms with Gasteiger partial charge in [-0.05, 0) is 76.4 Å². The van der Waals surface area contributed by atoms with Crippen molar-refractivity contribution in [3.8, 4) is 0 Å². The fraction of sp³-hybridized carbons (Fsp3) is 0.0769. The SMILES string of the molecule is Cc1ccc(N2C(=O)/C(=C\c3c4ccccc4cc4ccccc34)SC2=S)cc1C. The van der Waals surface area contributed by atoms with E-state index >= 15 is 0 Å². The Morgan fingerprint density at radius 2 is 1.47 bits per heavy atom. The second kappa shape index (κ2) is 7.38. The zero-order valence-corrected chi connectivity index (χ0v) is 18.3. The van der Waals surface area contributed by atoms with Gasteiger partial charge in [0.05, 0.1) is 10.6 Å². The van der Waals surface area contributed by atoms with Crippen molar-refractivity contribution in [3.05, 3.63) is 94.4 Å². The van der Waals surface area contributed by atoms with Crippen molar-refractivity contribution in [1.82, 2.24) is 0 Å². The molecule has 4 aromatic carbocycles. The van der Waals surface area contributed by atoms with E-state index < -0.39 is 0 Å². The molecule has 1 heterocycles. The van der Waals surface area contributed by atoms with Gasteiger partial charge in [-0.1, -0.05) is 78.6 Å². The van der Waals surface area contributed by atoms with Crippen LogP contribution in [0.2, 0.25) is 0 Å². The van der Waals surface area contributed by atoms with Crippen molar-refractivity contribution in [2.75, 3.05) is 4.90 Å². The summed E-state index contributed by atoms with van der Waals surface area (Å²) in [6.45, 7) is 4.11. The number of amides is 1. The molecule has 30 heavy (non-hydrogen) atoms. The first kappa shape index (κ1) is 19.0.